The number of aromatic nitrogens is 4. The molecule has 3 rings (SSSR count). The van der Waals surface area contributed by atoms with E-state index in [1.165, 1.54) is 25.7 Å². The van der Waals surface area contributed by atoms with Crippen LogP contribution in [0.2, 0.25) is 0 Å². The molecule has 2 atom stereocenters. The fourth-order valence-electron chi connectivity index (χ4n) is 3.33. The normalized spacial score (nSPS) is 21.0. The van der Waals surface area contributed by atoms with Gasteiger partial charge in [-0.05, 0) is 41.1 Å². The Hall–Kier alpha value is -1.17. The Balaban J connectivity index is 2.09. The van der Waals surface area contributed by atoms with E-state index < -0.39 is 0 Å². The van der Waals surface area contributed by atoms with Gasteiger partial charge in [0.05, 0.1) is 5.39 Å². The van der Waals surface area contributed by atoms with E-state index in [0.29, 0.717) is 12.0 Å². The minimum absolute atomic E-state index is 0.564. The zero-order valence-corrected chi connectivity index (χ0v) is 14.5. The number of nitrogens with zero attached hydrogens (tertiary/aromatic N) is 5. The maximum Gasteiger partial charge on any atom is 0.164 e. The molecule has 5 nitrogen and oxygen atoms in total. The van der Waals surface area contributed by atoms with Crippen LogP contribution >= 0.6 is 15.9 Å². The highest BCUT2D eigenvalue weighted by molar-refractivity contribution is 9.10. The summed E-state index contributed by atoms with van der Waals surface area (Å²) in [7, 11) is 1.92. The monoisotopic (exact) mass is 351 g/mol. The van der Waals surface area contributed by atoms with E-state index >= 15 is 0 Å². The van der Waals surface area contributed by atoms with Gasteiger partial charge in [-0.3, -0.25) is 0 Å². The van der Waals surface area contributed by atoms with Gasteiger partial charge in [0.15, 0.2) is 5.65 Å². The summed E-state index contributed by atoms with van der Waals surface area (Å²) in [4.78, 5) is 11.5. The summed E-state index contributed by atoms with van der Waals surface area (Å²) in [6, 6.07) is 0.564. The van der Waals surface area contributed by atoms with Crippen LogP contribution in [0.15, 0.2) is 10.9 Å². The van der Waals surface area contributed by atoms with Crippen molar-refractivity contribution in [1.29, 1.82) is 0 Å². The molecule has 0 radical (unpaired) electrons. The second-order valence-corrected chi connectivity index (χ2v) is 6.70. The van der Waals surface area contributed by atoms with E-state index in [1.807, 2.05) is 11.7 Å². The lowest BCUT2D eigenvalue weighted by Crippen LogP contribution is -2.44. The Morgan fingerprint density at radius 1 is 1.38 bits per heavy atom. The molecule has 0 amide bonds. The third-order valence-electron chi connectivity index (χ3n) is 4.68. The number of rotatable bonds is 3. The van der Waals surface area contributed by atoms with Gasteiger partial charge in [-0.2, -0.15) is 5.10 Å². The standard InChI is InChI=1S/C15H22BrN5/c1-4-10(2)11-7-5-6-8-21(11)15-12-13(16)19-20(3)14(12)17-9-18-15/h9-11H,4-8H2,1-3H3/t10-,11+/m1/s1. The third-order valence-corrected chi connectivity index (χ3v) is 5.24. The molecule has 2 aromatic rings. The van der Waals surface area contributed by atoms with E-state index in [1.54, 1.807) is 6.33 Å². The number of hydrogen-bond acceptors (Lipinski definition) is 4. The smallest absolute Gasteiger partial charge is 0.164 e. The Kier molecular flexibility index (Phi) is 4.15. The van der Waals surface area contributed by atoms with E-state index in [0.717, 1.165) is 28.0 Å². The van der Waals surface area contributed by atoms with Crippen molar-refractivity contribution in [3.8, 4) is 0 Å². The Morgan fingerprint density at radius 3 is 2.95 bits per heavy atom. The molecular weight excluding hydrogens is 330 g/mol. The van der Waals surface area contributed by atoms with E-state index in [9.17, 15) is 0 Å². The molecule has 6 heteroatoms. The molecule has 0 unspecified atom stereocenters. The van der Waals surface area contributed by atoms with Gasteiger partial charge >= 0.3 is 0 Å². The average Bonchev–Trinajstić information content (AvgIpc) is 2.81. The maximum absolute atomic E-state index is 4.60. The number of halogens is 1. The number of anilines is 1. The van der Waals surface area contributed by atoms with Gasteiger partial charge in [-0.15, -0.1) is 0 Å². The van der Waals surface area contributed by atoms with Gasteiger partial charge in [0.2, 0.25) is 0 Å². The van der Waals surface area contributed by atoms with Crippen LogP contribution in [0.1, 0.15) is 39.5 Å². The van der Waals surface area contributed by atoms with Crippen molar-refractivity contribution in [2.24, 2.45) is 13.0 Å². The molecule has 2 aromatic heterocycles. The molecule has 1 aliphatic rings. The predicted molar refractivity (Wildman–Crippen MR) is 88.4 cm³/mol. The van der Waals surface area contributed by atoms with Crippen molar-refractivity contribution < 1.29 is 0 Å². The second-order valence-electron chi connectivity index (χ2n) is 5.95. The number of fused-ring (bicyclic) bond motifs is 1. The zero-order chi connectivity index (χ0) is 15.0. The predicted octanol–water partition coefficient (Wildman–Crippen LogP) is 3.53. The van der Waals surface area contributed by atoms with E-state index in [-0.39, 0.29) is 0 Å². The molecule has 0 aliphatic carbocycles. The second kappa shape index (κ2) is 5.91. The van der Waals surface area contributed by atoms with Crippen LogP contribution in [0.25, 0.3) is 11.0 Å². The van der Waals surface area contributed by atoms with E-state index in [4.69, 9.17) is 0 Å². The SMILES string of the molecule is CC[C@@H](C)[C@@H]1CCCCN1c1ncnc2c1c(Br)nn2C. The molecule has 21 heavy (non-hydrogen) atoms. The highest BCUT2D eigenvalue weighted by Crippen LogP contribution is 2.35. The lowest BCUT2D eigenvalue weighted by molar-refractivity contribution is 0.347. The van der Waals surface area contributed by atoms with Crippen molar-refractivity contribution in [3.05, 3.63) is 10.9 Å². The van der Waals surface area contributed by atoms with Crippen LogP contribution in [0.5, 0.6) is 0 Å². The molecule has 0 spiro atoms. The van der Waals surface area contributed by atoms with Gasteiger partial charge in [0, 0.05) is 19.6 Å². The lowest BCUT2D eigenvalue weighted by atomic mass is 9.89. The molecule has 0 bridgehead atoms. The van der Waals surface area contributed by atoms with Crippen molar-refractivity contribution >= 4 is 32.8 Å². The first-order valence-corrected chi connectivity index (χ1v) is 8.52. The lowest BCUT2D eigenvalue weighted by Gasteiger charge is -2.40. The Labute approximate surface area is 133 Å². The van der Waals surface area contributed by atoms with Gasteiger partial charge < -0.3 is 4.90 Å². The Morgan fingerprint density at radius 2 is 2.19 bits per heavy atom. The summed E-state index contributed by atoms with van der Waals surface area (Å²) in [5.74, 6) is 1.70. The summed E-state index contributed by atoms with van der Waals surface area (Å²) in [5.41, 5.74) is 0.889. The quantitative estimate of drug-likeness (QED) is 0.848. The van der Waals surface area contributed by atoms with Crippen molar-refractivity contribution in [1.82, 2.24) is 19.7 Å². The number of hydrogen-bond donors (Lipinski definition) is 0. The first-order valence-electron chi connectivity index (χ1n) is 7.73. The maximum atomic E-state index is 4.60. The molecule has 1 aliphatic heterocycles. The van der Waals surface area contributed by atoms with Gasteiger partial charge in [0.1, 0.15) is 16.7 Å². The number of piperidine rings is 1. The minimum atomic E-state index is 0.564. The molecule has 0 saturated carbocycles. The zero-order valence-electron chi connectivity index (χ0n) is 12.9. The van der Waals surface area contributed by atoms with Crippen molar-refractivity contribution in [3.63, 3.8) is 0 Å². The molecule has 3 heterocycles. The third kappa shape index (κ3) is 2.54. The molecule has 0 aromatic carbocycles. The van der Waals surface area contributed by atoms with Gasteiger partial charge in [-0.25, -0.2) is 14.6 Å². The molecule has 0 N–H and O–H groups in total. The van der Waals surface area contributed by atoms with Crippen LogP contribution in [0.3, 0.4) is 0 Å². The van der Waals surface area contributed by atoms with Crippen LogP contribution < -0.4 is 4.90 Å². The first-order chi connectivity index (χ1) is 10.1. The summed E-state index contributed by atoms with van der Waals surface area (Å²) in [6.07, 6.45) is 6.65. The molecular formula is C15H22BrN5. The van der Waals surface area contributed by atoms with Crippen molar-refractivity contribution in [2.45, 2.75) is 45.6 Å². The topological polar surface area (TPSA) is 46.8 Å². The minimum Gasteiger partial charge on any atom is -0.353 e. The fourth-order valence-corrected chi connectivity index (χ4v) is 3.92. The Bertz CT molecular complexity index is 638. The molecule has 114 valence electrons. The van der Waals surface area contributed by atoms with E-state index in [2.05, 4.69) is 49.7 Å². The average molecular weight is 352 g/mol. The van der Waals surface area contributed by atoms with Crippen LogP contribution in [0.4, 0.5) is 5.82 Å². The summed E-state index contributed by atoms with van der Waals surface area (Å²) < 4.78 is 2.65. The summed E-state index contributed by atoms with van der Waals surface area (Å²) >= 11 is 3.57. The van der Waals surface area contributed by atoms with Crippen molar-refractivity contribution in [2.75, 3.05) is 11.4 Å². The van der Waals surface area contributed by atoms with Gasteiger partial charge in [-0.1, -0.05) is 20.3 Å². The number of aryl methyl sites for hydroxylation is 1. The van der Waals surface area contributed by atoms with Crippen LogP contribution in [-0.4, -0.2) is 32.3 Å². The van der Waals surface area contributed by atoms with Crippen LogP contribution in [-0.2, 0) is 7.05 Å². The molecule has 1 saturated heterocycles. The highest BCUT2D eigenvalue weighted by atomic mass is 79.9. The van der Waals surface area contributed by atoms with Gasteiger partial charge in [0.25, 0.3) is 0 Å². The van der Waals surface area contributed by atoms with Crippen LogP contribution in [0, 0.1) is 5.92 Å². The highest BCUT2D eigenvalue weighted by Gasteiger charge is 2.29. The first kappa shape index (κ1) is 14.8. The summed E-state index contributed by atoms with van der Waals surface area (Å²) in [5, 5.41) is 5.48. The molecule has 1 fully saturated rings. The summed E-state index contributed by atoms with van der Waals surface area (Å²) in [6.45, 7) is 5.69. The largest absolute Gasteiger partial charge is 0.353 e. The fraction of sp³-hybridized carbons (Fsp3) is 0.667.